The Morgan fingerprint density at radius 2 is 2.09 bits per heavy atom. The van der Waals surface area contributed by atoms with E-state index < -0.39 is 21.1 Å². The number of methoxy groups -OCH3 is 1. The van der Waals surface area contributed by atoms with Gasteiger partial charge in [-0.1, -0.05) is 23.7 Å². The first-order valence-electron chi connectivity index (χ1n) is 11.5. The molecular weight excluding hydrogens is 490 g/mol. The summed E-state index contributed by atoms with van der Waals surface area (Å²) in [6.45, 7) is 5.50. The van der Waals surface area contributed by atoms with Gasteiger partial charge in [0, 0.05) is 29.4 Å². The third-order valence-corrected chi connectivity index (χ3v) is 11.2. The fourth-order valence-electron chi connectivity index (χ4n) is 5.06. The van der Waals surface area contributed by atoms with Crippen molar-refractivity contribution in [3.8, 4) is 16.3 Å². The van der Waals surface area contributed by atoms with E-state index in [-0.39, 0.29) is 0 Å². The van der Waals surface area contributed by atoms with Crippen molar-refractivity contribution < 1.29 is 13.7 Å². The van der Waals surface area contributed by atoms with E-state index in [2.05, 4.69) is 11.1 Å². The molecule has 1 saturated heterocycles. The number of nitrogens with two attached hydrogens (primary N) is 1. The Kier molecular flexibility index (Phi) is 6.29. The number of aromatic nitrogens is 1. The number of nitrogens with zero attached hydrogens (tertiary/aromatic N) is 1. The molecule has 0 saturated carbocycles. The Bertz CT molecular complexity index is 1280. The lowest BCUT2D eigenvalue weighted by atomic mass is 9.88. The molecule has 0 bridgehead atoms. The molecule has 0 spiro atoms. The molecule has 182 valence electrons. The minimum Gasteiger partial charge on any atom is -0.495 e. The number of aliphatic imine (C=N–C) groups is 1. The summed E-state index contributed by atoms with van der Waals surface area (Å²) in [7, 11) is 0.486. The molecule has 0 aliphatic carbocycles. The quantitative estimate of drug-likeness (QED) is 0.467. The summed E-state index contributed by atoms with van der Waals surface area (Å²) < 4.78 is 24.0. The lowest BCUT2D eigenvalue weighted by Gasteiger charge is -2.41. The zero-order chi connectivity index (χ0) is 24.1. The van der Waals surface area contributed by atoms with Crippen LogP contribution in [0.15, 0.2) is 35.3 Å². The van der Waals surface area contributed by atoms with E-state index in [0.717, 1.165) is 64.6 Å². The molecule has 2 aliphatic heterocycles. The van der Waals surface area contributed by atoms with Crippen LogP contribution in [-0.4, -0.2) is 45.9 Å². The topological polar surface area (TPSA) is 89.7 Å². The minimum absolute atomic E-state index is 0.396. The molecule has 1 aromatic carbocycles. The van der Waals surface area contributed by atoms with Gasteiger partial charge < -0.3 is 20.2 Å². The number of thiophene rings is 1. The van der Waals surface area contributed by atoms with Gasteiger partial charge in [0.05, 0.1) is 38.9 Å². The van der Waals surface area contributed by atoms with E-state index >= 15 is 0 Å². The smallest absolute Gasteiger partial charge is 0.142 e. The molecule has 34 heavy (non-hydrogen) atoms. The van der Waals surface area contributed by atoms with Crippen LogP contribution in [0.25, 0.3) is 21.5 Å². The third kappa shape index (κ3) is 4.08. The van der Waals surface area contributed by atoms with Gasteiger partial charge in [-0.15, -0.1) is 11.3 Å². The van der Waals surface area contributed by atoms with Crippen molar-refractivity contribution in [2.24, 2.45) is 16.6 Å². The molecule has 3 atom stereocenters. The molecule has 2 aromatic heterocycles. The van der Waals surface area contributed by atoms with Gasteiger partial charge in [0.2, 0.25) is 0 Å². The molecule has 3 N–H and O–H groups in total. The van der Waals surface area contributed by atoms with Crippen LogP contribution >= 0.6 is 22.9 Å². The largest absolute Gasteiger partial charge is 0.495 e. The number of halogens is 1. The standard InChI is InChI=1S/C25H30ClN3O3S2/c1-24(14-34(30)25(2,23(27)29-24)13-15-7-9-32-10-8-15)22-17(26)12-20(33-22)18-11-16-5-4-6-19(31-3)21(16)28-18/h4-6,11-12,15,28H,7-10,13-14H2,1-3H3,(H2,27,29)/t24-,25-,34?/m0/s1. The Hall–Kier alpha value is -1.87. The van der Waals surface area contributed by atoms with E-state index in [1.807, 2.05) is 38.1 Å². The molecule has 5 rings (SSSR count). The zero-order valence-corrected chi connectivity index (χ0v) is 22.0. The van der Waals surface area contributed by atoms with Crippen LogP contribution in [-0.2, 0) is 21.1 Å². The highest BCUT2D eigenvalue weighted by atomic mass is 35.5. The fraction of sp³-hybridized carbons (Fsp3) is 0.480. The van der Waals surface area contributed by atoms with E-state index in [4.69, 9.17) is 31.8 Å². The minimum atomic E-state index is -1.18. The molecular formula is C25H30ClN3O3S2. The molecule has 1 fully saturated rings. The fourth-order valence-corrected chi connectivity index (χ4v) is 8.50. The van der Waals surface area contributed by atoms with Crippen LogP contribution in [0, 0.1) is 5.92 Å². The Morgan fingerprint density at radius 3 is 2.79 bits per heavy atom. The normalized spacial score (nSPS) is 28.2. The summed E-state index contributed by atoms with van der Waals surface area (Å²) in [5.41, 5.74) is 7.73. The first kappa shape index (κ1) is 23.9. The summed E-state index contributed by atoms with van der Waals surface area (Å²) in [6, 6.07) is 9.99. The number of nitrogens with one attached hydrogen (secondary N) is 1. The van der Waals surface area contributed by atoms with Crippen molar-refractivity contribution in [1.29, 1.82) is 0 Å². The van der Waals surface area contributed by atoms with Crippen LogP contribution in [0.1, 0.15) is 38.0 Å². The molecule has 4 heterocycles. The van der Waals surface area contributed by atoms with Crippen molar-refractivity contribution in [2.75, 3.05) is 26.1 Å². The van der Waals surface area contributed by atoms with Crippen LogP contribution < -0.4 is 10.5 Å². The van der Waals surface area contributed by atoms with Crippen LogP contribution in [0.2, 0.25) is 5.02 Å². The maximum atomic E-state index is 13.6. The van der Waals surface area contributed by atoms with Crippen molar-refractivity contribution in [3.05, 3.63) is 40.2 Å². The highest BCUT2D eigenvalue weighted by Crippen LogP contribution is 2.46. The van der Waals surface area contributed by atoms with Crippen LogP contribution in [0.4, 0.5) is 0 Å². The van der Waals surface area contributed by atoms with Gasteiger partial charge in [-0.05, 0) is 57.2 Å². The maximum absolute atomic E-state index is 13.6. The zero-order valence-electron chi connectivity index (χ0n) is 19.7. The summed E-state index contributed by atoms with van der Waals surface area (Å²) in [4.78, 5) is 10.3. The second kappa shape index (κ2) is 8.97. The Labute approximate surface area is 211 Å². The SMILES string of the molecule is COc1cccc2cc(-c3cc(Cl)c([C@]4(C)CS(=O)[C@@](C)(CC5CCOCC5)C(N)=N4)s3)[nH]c12. The van der Waals surface area contributed by atoms with Gasteiger partial charge in [-0.25, -0.2) is 0 Å². The van der Waals surface area contributed by atoms with Crippen LogP contribution in [0.3, 0.4) is 0 Å². The lowest BCUT2D eigenvalue weighted by molar-refractivity contribution is 0.0626. The highest BCUT2D eigenvalue weighted by molar-refractivity contribution is 7.87. The molecule has 0 amide bonds. The third-order valence-electron chi connectivity index (χ3n) is 7.12. The number of amidine groups is 1. The number of H-pyrrole nitrogens is 1. The number of fused-ring (bicyclic) bond motifs is 1. The highest BCUT2D eigenvalue weighted by Gasteiger charge is 2.48. The van der Waals surface area contributed by atoms with Gasteiger partial charge >= 0.3 is 0 Å². The molecule has 0 radical (unpaired) electrons. The number of para-hydroxylation sites is 1. The van der Waals surface area contributed by atoms with Gasteiger partial charge in [0.25, 0.3) is 0 Å². The second-order valence-corrected chi connectivity index (χ2v) is 13.0. The van der Waals surface area contributed by atoms with Crippen LogP contribution in [0.5, 0.6) is 5.75 Å². The summed E-state index contributed by atoms with van der Waals surface area (Å²) >= 11 is 8.32. The van der Waals surface area contributed by atoms with Crippen molar-refractivity contribution in [3.63, 3.8) is 0 Å². The number of ether oxygens (including phenoxy) is 2. The maximum Gasteiger partial charge on any atom is 0.142 e. The summed E-state index contributed by atoms with van der Waals surface area (Å²) in [6.07, 6.45) is 2.73. The monoisotopic (exact) mass is 519 g/mol. The lowest BCUT2D eigenvalue weighted by Crippen LogP contribution is -2.54. The average Bonchev–Trinajstić information content (AvgIpc) is 3.42. The summed E-state index contributed by atoms with van der Waals surface area (Å²) in [5, 5.41) is 1.69. The number of rotatable bonds is 5. The number of hydrogen-bond acceptors (Lipinski definition) is 6. The van der Waals surface area contributed by atoms with E-state index in [0.29, 0.717) is 22.5 Å². The molecule has 9 heteroatoms. The van der Waals surface area contributed by atoms with Gasteiger partial charge in [0.15, 0.2) is 0 Å². The van der Waals surface area contributed by atoms with Gasteiger partial charge in [-0.3, -0.25) is 9.20 Å². The van der Waals surface area contributed by atoms with Gasteiger partial charge in [-0.2, -0.15) is 0 Å². The number of aromatic amines is 1. The average molecular weight is 520 g/mol. The first-order chi connectivity index (χ1) is 16.2. The van der Waals surface area contributed by atoms with Gasteiger partial charge in [0.1, 0.15) is 21.9 Å². The van der Waals surface area contributed by atoms with Crippen molar-refractivity contribution >= 4 is 50.5 Å². The van der Waals surface area contributed by atoms with E-state index in [1.165, 1.54) is 0 Å². The predicted molar refractivity (Wildman–Crippen MR) is 142 cm³/mol. The van der Waals surface area contributed by atoms with Crippen molar-refractivity contribution in [2.45, 2.75) is 43.4 Å². The van der Waals surface area contributed by atoms with E-state index in [1.54, 1.807) is 18.4 Å². The molecule has 3 aromatic rings. The predicted octanol–water partition coefficient (Wildman–Crippen LogP) is 5.47. The van der Waals surface area contributed by atoms with Crippen molar-refractivity contribution in [1.82, 2.24) is 4.98 Å². The Morgan fingerprint density at radius 1 is 1.32 bits per heavy atom. The molecule has 6 nitrogen and oxygen atoms in total. The summed E-state index contributed by atoms with van der Waals surface area (Å²) in [5.74, 6) is 2.11. The second-order valence-electron chi connectivity index (χ2n) is 9.65. The first-order valence-corrected chi connectivity index (χ1v) is 14.0. The number of hydrogen-bond donors (Lipinski definition) is 2. The number of benzene rings is 1. The van der Waals surface area contributed by atoms with E-state index in [9.17, 15) is 4.21 Å². The Balaban J connectivity index is 1.47. The molecule has 1 unspecified atom stereocenters. The molecule has 2 aliphatic rings.